The lowest BCUT2D eigenvalue weighted by Gasteiger charge is -2.43. The normalized spacial score (nSPS) is 17.9. The van der Waals surface area contributed by atoms with Crippen LogP contribution in [-0.4, -0.2) is 54.7 Å². The molecule has 0 aliphatic carbocycles. The van der Waals surface area contributed by atoms with E-state index in [9.17, 15) is 0 Å². The Balaban J connectivity index is 1.70. The molecule has 1 heterocycles. The van der Waals surface area contributed by atoms with Crippen LogP contribution in [0.3, 0.4) is 0 Å². The van der Waals surface area contributed by atoms with Crippen LogP contribution in [0.4, 0.5) is 0 Å². The zero-order chi connectivity index (χ0) is 16.2. The second kappa shape index (κ2) is 7.47. The summed E-state index contributed by atoms with van der Waals surface area (Å²) in [6.45, 7) is 13.2. The number of likely N-dealkylation sites (N-methyl/N-ethyl adjacent to an activating group) is 1. The molecule has 1 aliphatic heterocycles. The van der Waals surface area contributed by atoms with E-state index >= 15 is 0 Å². The second-order valence-corrected chi connectivity index (χ2v) is 7.53. The van der Waals surface area contributed by atoms with Gasteiger partial charge in [0.25, 0.3) is 0 Å². The average molecular weight is 304 g/mol. The van der Waals surface area contributed by atoms with Crippen LogP contribution in [0, 0.1) is 6.92 Å². The Labute approximate surface area is 136 Å². The highest BCUT2D eigenvalue weighted by Gasteiger charge is 2.28. The first-order valence-corrected chi connectivity index (χ1v) is 8.51. The standard InChI is InChI=1S/C19H32N2O/c1-16-6-8-18(9-7-16)22-15-14-20(5)17-10-12-21(13-11-17)19(2,3)4/h6-9,17H,10-15H2,1-5H3. The summed E-state index contributed by atoms with van der Waals surface area (Å²) in [4.78, 5) is 5.06. The average Bonchev–Trinajstić information content (AvgIpc) is 2.48. The van der Waals surface area contributed by atoms with Gasteiger partial charge in [0.05, 0.1) is 0 Å². The van der Waals surface area contributed by atoms with Crippen LogP contribution in [0.2, 0.25) is 0 Å². The van der Waals surface area contributed by atoms with Crippen LogP contribution in [0.5, 0.6) is 5.75 Å². The zero-order valence-corrected chi connectivity index (χ0v) is 14.9. The van der Waals surface area contributed by atoms with E-state index in [1.54, 1.807) is 0 Å². The van der Waals surface area contributed by atoms with Gasteiger partial charge in [-0.2, -0.15) is 0 Å². The van der Waals surface area contributed by atoms with Gasteiger partial charge in [0.15, 0.2) is 0 Å². The van der Waals surface area contributed by atoms with Gasteiger partial charge in [-0.3, -0.25) is 9.80 Å². The third-order valence-electron chi connectivity index (χ3n) is 4.77. The first-order chi connectivity index (χ1) is 10.4. The maximum Gasteiger partial charge on any atom is 0.119 e. The molecule has 1 fully saturated rings. The number of aryl methyl sites for hydroxylation is 1. The summed E-state index contributed by atoms with van der Waals surface area (Å²) in [7, 11) is 2.23. The third-order valence-corrected chi connectivity index (χ3v) is 4.77. The smallest absolute Gasteiger partial charge is 0.119 e. The van der Waals surface area contributed by atoms with Crippen LogP contribution in [0.25, 0.3) is 0 Å². The molecular formula is C19H32N2O. The number of likely N-dealkylation sites (tertiary alicyclic amines) is 1. The van der Waals surface area contributed by atoms with E-state index in [1.165, 1.54) is 31.5 Å². The SMILES string of the molecule is Cc1ccc(OCCN(C)C2CCN(C(C)(C)C)CC2)cc1. The maximum atomic E-state index is 5.85. The van der Waals surface area contributed by atoms with Gasteiger partial charge in [-0.15, -0.1) is 0 Å². The summed E-state index contributed by atoms with van der Waals surface area (Å²) in [5.41, 5.74) is 1.58. The van der Waals surface area contributed by atoms with Crippen LogP contribution >= 0.6 is 0 Å². The lowest BCUT2D eigenvalue weighted by atomic mass is 9.97. The van der Waals surface area contributed by atoms with Gasteiger partial charge in [0.1, 0.15) is 12.4 Å². The van der Waals surface area contributed by atoms with Crippen molar-refractivity contribution in [2.75, 3.05) is 33.3 Å². The molecule has 1 aromatic rings. The summed E-state index contributed by atoms with van der Waals surface area (Å²) in [6, 6.07) is 9.00. The number of benzene rings is 1. The minimum Gasteiger partial charge on any atom is -0.492 e. The second-order valence-electron chi connectivity index (χ2n) is 7.53. The van der Waals surface area contributed by atoms with Crippen molar-refractivity contribution in [3.05, 3.63) is 29.8 Å². The molecule has 0 atom stereocenters. The first-order valence-electron chi connectivity index (χ1n) is 8.51. The van der Waals surface area contributed by atoms with Crippen molar-refractivity contribution in [1.82, 2.24) is 9.80 Å². The van der Waals surface area contributed by atoms with Crippen LogP contribution in [0.1, 0.15) is 39.2 Å². The highest BCUT2D eigenvalue weighted by Crippen LogP contribution is 2.22. The van der Waals surface area contributed by atoms with E-state index in [0.29, 0.717) is 11.6 Å². The monoisotopic (exact) mass is 304 g/mol. The van der Waals surface area contributed by atoms with Gasteiger partial charge in [0.2, 0.25) is 0 Å². The van der Waals surface area contributed by atoms with Gasteiger partial charge < -0.3 is 4.74 Å². The zero-order valence-electron chi connectivity index (χ0n) is 14.9. The Morgan fingerprint density at radius 2 is 1.73 bits per heavy atom. The number of nitrogens with zero attached hydrogens (tertiary/aromatic N) is 2. The third kappa shape index (κ3) is 4.99. The van der Waals surface area contributed by atoms with Crippen LogP contribution in [0.15, 0.2) is 24.3 Å². The molecule has 2 rings (SSSR count). The Morgan fingerprint density at radius 3 is 2.27 bits per heavy atom. The molecule has 0 saturated carbocycles. The van der Waals surface area contributed by atoms with Crippen molar-refractivity contribution >= 4 is 0 Å². The van der Waals surface area contributed by atoms with E-state index in [4.69, 9.17) is 4.74 Å². The predicted octanol–water partition coefficient (Wildman–Crippen LogP) is 3.57. The van der Waals surface area contributed by atoms with Gasteiger partial charge in [-0.25, -0.2) is 0 Å². The van der Waals surface area contributed by atoms with Crippen molar-refractivity contribution < 1.29 is 4.74 Å². The summed E-state index contributed by atoms with van der Waals surface area (Å²) < 4.78 is 5.85. The highest BCUT2D eigenvalue weighted by atomic mass is 16.5. The van der Waals surface area contributed by atoms with Crippen LogP contribution in [-0.2, 0) is 0 Å². The minimum absolute atomic E-state index is 0.304. The van der Waals surface area contributed by atoms with Crippen LogP contribution < -0.4 is 4.74 Å². The molecule has 124 valence electrons. The molecule has 0 aromatic heterocycles. The topological polar surface area (TPSA) is 15.7 Å². The summed E-state index contributed by atoms with van der Waals surface area (Å²) in [5.74, 6) is 0.974. The Morgan fingerprint density at radius 1 is 1.14 bits per heavy atom. The molecule has 0 radical (unpaired) electrons. The van der Waals surface area contributed by atoms with Crippen molar-refractivity contribution in [2.45, 2.75) is 52.1 Å². The Kier molecular flexibility index (Phi) is 5.87. The lowest BCUT2D eigenvalue weighted by Crippen LogP contribution is -2.50. The van der Waals surface area contributed by atoms with E-state index < -0.39 is 0 Å². The molecule has 0 amide bonds. The molecule has 22 heavy (non-hydrogen) atoms. The van der Waals surface area contributed by atoms with E-state index in [0.717, 1.165) is 18.9 Å². The van der Waals surface area contributed by atoms with Gasteiger partial charge >= 0.3 is 0 Å². The van der Waals surface area contributed by atoms with Gasteiger partial charge in [0, 0.05) is 31.2 Å². The summed E-state index contributed by atoms with van der Waals surface area (Å²) in [6.07, 6.45) is 2.52. The minimum atomic E-state index is 0.304. The molecule has 0 bridgehead atoms. The van der Waals surface area contributed by atoms with E-state index in [2.05, 4.69) is 68.8 Å². The predicted molar refractivity (Wildman–Crippen MR) is 93.7 cm³/mol. The number of rotatable bonds is 5. The van der Waals surface area contributed by atoms with E-state index in [1.807, 2.05) is 0 Å². The fourth-order valence-corrected chi connectivity index (χ4v) is 3.10. The molecule has 3 heteroatoms. The van der Waals surface area contributed by atoms with Crippen molar-refractivity contribution in [3.8, 4) is 5.75 Å². The van der Waals surface area contributed by atoms with Gasteiger partial charge in [-0.05, 0) is 59.7 Å². The van der Waals surface area contributed by atoms with Gasteiger partial charge in [-0.1, -0.05) is 17.7 Å². The molecule has 0 N–H and O–H groups in total. The fraction of sp³-hybridized carbons (Fsp3) is 0.684. The number of ether oxygens (including phenoxy) is 1. The number of hydrogen-bond donors (Lipinski definition) is 0. The molecule has 0 spiro atoms. The Hall–Kier alpha value is -1.06. The quantitative estimate of drug-likeness (QED) is 0.827. The van der Waals surface area contributed by atoms with Crippen molar-refractivity contribution in [2.24, 2.45) is 0 Å². The van der Waals surface area contributed by atoms with Crippen molar-refractivity contribution in [1.29, 1.82) is 0 Å². The summed E-state index contributed by atoms with van der Waals surface area (Å²) in [5, 5.41) is 0. The maximum absolute atomic E-state index is 5.85. The number of piperidine rings is 1. The fourth-order valence-electron chi connectivity index (χ4n) is 3.10. The molecular weight excluding hydrogens is 272 g/mol. The molecule has 3 nitrogen and oxygen atoms in total. The first kappa shape index (κ1) is 17.3. The van der Waals surface area contributed by atoms with Crippen molar-refractivity contribution in [3.63, 3.8) is 0 Å². The Bertz CT molecular complexity index is 441. The largest absolute Gasteiger partial charge is 0.492 e. The number of hydrogen-bond acceptors (Lipinski definition) is 3. The molecule has 0 unspecified atom stereocenters. The highest BCUT2D eigenvalue weighted by molar-refractivity contribution is 5.26. The van der Waals surface area contributed by atoms with E-state index in [-0.39, 0.29) is 0 Å². The lowest BCUT2D eigenvalue weighted by molar-refractivity contribution is 0.0611. The molecule has 1 aromatic carbocycles. The molecule has 1 saturated heterocycles. The summed E-state index contributed by atoms with van der Waals surface area (Å²) >= 11 is 0. The molecule has 1 aliphatic rings.